The molecular formula is C9H10ClN3. The summed E-state index contributed by atoms with van der Waals surface area (Å²) in [5, 5.41) is 0. The summed E-state index contributed by atoms with van der Waals surface area (Å²) in [4.78, 5) is 7.00. The maximum Gasteiger partial charge on any atom is 0.0927 e. The molecule has 0 fully saturated rings. The van der Waals surface area contributed by atoms with Crippen LogP contribution in [-0.4, -0.2) is 9.97 Å². The Morgan fingerprint density at radius 1 is 1.23 bits per heavy atom. The number of aromatic nitrogens is 2. The third-order valence-electron chi connectivity index (χ3n) is 1.73. The van der Waals surface area contributed by atoms with Crippen LogP contribution >= 0.6 is 12.4 Å². The second-order valence-electron chi connectivity index (χ2n) is 2.54. The highest BCUT2D eigenvalue weighted by Crippen LogP contribution is 2.22. The Morgan fingerprint density at radius 3 is 2.62 bits per heavy atom. The number of hydrogen-bond donors (Lipinski definition) is 2. The van der Waals surface area contributed by atoms with Crippen molar-refractivity contribution >= 4 is 18.1 Å². The normalized spacial score (nSPS) is 9.23. The van der Waals surface area contributed by atoms with Gasteiger partial charge in [0, 0.05) is 17.4 Å². The smallest absolute Gasteiger partial charge is 0.0927 e. The Balaban J connectivity index is 0.000000845. The lowest BCUT2D eigenvalue weighted by molar-refractivity contribution is 1.31. The number of imidazole rings is 1. The molecule has 3 nitrogen and oxygen atoms in total. The summed E-state index contributed by atoms with van der Waals surface area (Å²) in [5.74, 6) is 0. The maximum atomic E-state index is 5.76. The molecule has 0 spiro atoms. The van der Waals surface area contributed by atoms with Gasteiger partial charge in [-0.25, -0.2) is 4.98 Å². The average molecular weight is 196 g/mol. The number of benzene rings is 1. The minimum Gasteiger partial charge on any atom is -0.398 e. The van der Waals surface area contributed by atoms with Crippen LogP contribution in [0.1, 0.15) is 0 Å². The van der Waals surface area contributed by atoms with Gasteiger partial charge in [-0.1, -0.05) is 18.2 Å². The molecule has 1 aromatic carbocycles. The van der Waals surface area contributed by atoms with E-state index in [1.54, 1.807) is 6.33 Å². The third-order valence-corrected chi connectivity index (χ3v) is 1.73. The van der Waals surface area contributed by atoms with Gasteiger partial charge < -0.3 is 10.7 Å². The molecule has 2 rings (SSSR count). The largest absolute Gasteiger partial charge is 0.398 e. The predicted octanol–water partition coefficient (Wildman–Crippen LogP) is 2.08. The summed E-state index contributed by atoms with van der Waals surface area (Å²) in [6.07, 6.45) is 3.47. The average Bonchev–Trinajstić information content (AvgIpc) is 2.57. The topological polar surface area (TPSA) is 54.7 Å². The molecule has 1 aromatic heterocycles. The van der Waals surface area contributed by atoms with E-state index in [-0.39, 0.29) is 12.4 Å². The van der Waals surface area contributed by atoms with Gasteiger partial charge in [-0.05, 0) is 6.07 Å². The first-order chi connectivity index (χ1) is 5.88. The van der Waals surface area contributed by atoms with Crippen molar-refractivity contribution in [2.75, 3.05) is 5.73 Å². The van der Waals surface area contributed by atoms with Crippen LogP contribution in [0.3, 0.4) is 0 Å². The molecule has 0 amide bonds. The Bertz CT molecular complexity index is 370. The first kappa shape index (κ1) is 9.61. The number of nitrogens with one attached hydrogen (secondary N) is 1. The molecule has 4 heteroatoms. The van der Waals surface area contributed by atoms with E-state index < -0.39 is 0 Å². The lowest BCUT2D eigenvalue weighted by Crippen LogP contribution is -1.88. The Labute approximate surface area is 82.4 Å². The molecule has 3 N–H and O–H groups in total. The van der Waals surface area contributed by atoms with Crippen LogP contribution in [-0.2, 0) is 0 Å². The van der Waals surface area contributed by atoms with Gasteiger partial charge in [-0.3, -0.25) is 0 Å². The molecule has 0 radical (unpaired) electrons. The van der Waals surface area contributed by atoms with Crippen molar-refractivity contribution in [1.82, 2.24) is 9.97 Å². The molecule has 0 saturated carbocycles. The number of halogens is 1. The van der Waals surface area contributed by atoms with E-state index in [0.717, 1.165) is 16.9 Å². The molecule has 0 aliphatic carbocycles. The van der Waals surface area contributed by atoms with Gasteiger partial charge in [-0.2, -0.15) is 0 Å². The van der Waals surface area contributed by atoms with E-state index in [1.165, 1.54) is 0 Å². The highest BCUT2D eigenvalue weighted by Gasteiger charge is 2.01. The summed E-state index contributed by atoms with van der Waals surface area (Å²) in [5.41, 5.74) is 8.37. The van der Waals surface area contributed by atoms with Crippen LogP contribution in [0.2, 0.25) is 0 Å². The monoisotopic (exact) mass is 195 g/mol. The number of nitrogen functional groups attached to an aromatic ring is 1. The number of aromatic amines is 1. The molecule has 68 valence electrons. The molecule has 0 bridgehead atoms. The van der Waals surface area contributed by atoms with Crippen molar-refractivity contribution < 1.29 is 0 Å². The van der Waals surface area contributed by atoms with Gasteiger partial charge >= 0.3 is 0 Å². The molecule has 2 aromatic rings. The SMILES string of the molecule is Cl.Nc1ccccc1-c1c[nH]cn1. The predicted molar refractivity (Wildman–Crippen MR) is 55.7 cm³/mol. The number of hydrogen-bond acceptors (Lipinski definition) is 2. The van der Waals surface area contributed by atoms with Crippen molar-refractivity contribution in [3.8, 4) is 11.3 Å². The highest BCUT2D eigenvalue weighted by atomic mass is 35.5. The van der Waals surface area contributed by atoms with Crippen LogP contribution < -0.4 is 5.73 Å². The van der Waals surface area contributed by atoms with Gasteiger partial charge in [0.2, 0.25) is 0 Å². The molecular weight excluding hydrogens is 186 g/mol. The van der Waals surface area contributed by atoms with E-state index in [0.29, 0.717) is 0 Å². The Hall–Kier alpha value is -1.48. The zero-order valence-electron chi connectivity index (χ0n) is 6.90. The number of H-pyrrole nitrogens is 1. The zero-order valence-corrected chi connectivity index (χ0v) is 7.71. The fourth-order valence-electron chi connectivity index (χ4n) is 1.14. The number of rotatable bonds is 1. The van der Waals surface area contributed by atoms with E-state index >= 15 is 0 Å². The second kappa shape index (κ2) is 3.96. The van der Waals surface area contributed by atoms with Crippen molar-refractivity contribution in [2.24, 2.45) is 0 Å². The van der Waals surface area contributed by atoms with E-state index in [4.69, 9.17) is 5.73 Å². The second-order valence-corrected chi connectivity index (χ2v) is 2.54. The first-order valence-electron chi connectivity index (χ1n) is 3.71. The molecule has 1 heterocycles. The van der Waals surface area contributed by atoms with E-state index in [9.17, 15) is 0 Å². The van der Waals surface area contributed by atoms with Crippen LogP contribution in [0.25, 0.3) is 11.3 Å². The zero-order chi connectivity index (χ0) is 8.39. The summed E-state index contributed by atoms with van der Waals surface area (Å²) >= 11 is 0. The molecule has 13 heavy (non-hydrogen) atoms. The molecule has 0 saturated heterocycles. The maximum absolute atomic E-state index is 5.76. The highest BCUT2D eigenvalue weighted by molar-refractivity contribution is 5.85. The van der Waals surface area contributed by atoms with E-state index in [2.05, 4.69) is 9.97 Å². The first-order valence-corrected chi connectivity index (χ1v) is 3.71. The Kier molecular flexibility index (Phi) is 2.93. The van der Waals surface area contributed by atoms with Gasteiger partial charge in [-0.15, -0.1) is 12.4 Å². The van der Waals surface area contributed by atoms with Gasteiger partial charge in [0.15, 0.2) is 0 Å². The van der Waals surface area contributed by atoms with Crippen LogP contribution in [0.15, 0.2) is 36.8 Å². The fourth-order valence-corrected chi connectivity index (χ4v) is 1.14. The van der Waals surface area contributed by atoms with Gasteiger partial charge in [0.05, 0.1) is 12.0 Å². The van der Waals surface area contributed by atoms with Crippen molar-refractivity contribution in [2.45, 2.75) is 0 Å². The van der Waals surface area contributed by atoms with Crippen molar-refractivity contribution in [3.63, 3.8) is 0 Å². The molecule has 0 aliphatic rings. The number of nitrogens with two attached hydrogens (primary N) is 1. The van der Waals surface area contributed by atoms with E-state index in [1.807, 2.05) is 30.5 Å². The molecule has 0 unspecified atom stereocenters. The summed E-state index contributed by atoms with van der Waals surface area (Å²) in [7, 11) is 0. The molecule has 0 atom stereocenters. The van der Waals surface area contributed by atoms with Crippen LogP contribution in [0.4, 0.5) is 5.69 Å². The van der Waals surface area contributed by atoms with Crippen molar-refractivity contribution in [3.05, 3.63) is 36.8 Å². The minimum absolute atomic E-state index is 0. The fraction of sp³-hybridized carbons (Fsp3) is 0. The quantitative estimate of drug-likeness (QED) is 0.685. The Morgan fingerprint density at radius 2 is 2.00 bits per heavy atom. The summed E-state index contributed by atoms with van der Waals surface area (Å²) in [6, 6.07) is 7.67. The third kappa shape index (κ3) is 1.81. The summed E-state index contributed by atoms with van der Waals surface area (Å²) < 4.78 is 0. The van der Waals surface area contributed by atoms with Gasteiger partial charge in [0.25, 0.3) is 0 Å². The number of para-hydroxylation sites is 1. The lowest BCUT2D eigenvalue weighted by Gasteiger charge is -1.99. The minimum atomic E-state index is 0. The van der Waals surface area contributed by atoms with Crippen molar-refractivity contribution in [1.29, 1.82) is 0 Å². The van der Waals surface area contributed by atoms with Crippen LogP contribution in [0, 0.1) is 0 Å². The lowest BCUT2D eigenvalue weighted by atomic mass is 10.1. The number of nitrogens with zero attached hydrogens (tertiary/aromatic N) is 1. The van der Waals surface area contributed by atoms with Gasteiger partial charge in [0.1, 0.15) is 0 Å². The van der Waals surface area contributed by atoms with Crippen LogP contribution in [0.5, 0.6) is 0 Å². The standard InChI is InChI=1S/C9H9N3.ClH/c10-8-4-2-1-3-7(8)9-5-11-6-12-9;/h1-6H,10H2,(H,11,12);1H. The molecule has 0 aliphatic heterocycles. The number of anilines is 1. The summed E-state index contributed by atoms with van der Waals surface area (Å²) in [6.45, 7) is 0.